The van der Waals surface area contributed by atoms with Crippen molar-refractivity contribution in [3.05, 3.63) is 35.1 Å². The van der Waals surface area contributed by atoms with Gasteiger partial charge in [0, 0.05) is 22.9 Å². The van der Waals surface area contributed by atoms with Crippen LogP contribution < -0.4 is 11.1 Å². The van der Waals surface area contributed by atoms with Gasteiger partial charge in [-0.3, -0.25) is 4.79 Å². The summed E-state index contributed by atoms with van der Waals surface area (Å²) in [5.41, 5.74) is 4.83. The predicted octanol–water partition coefficient (Wildman–Crippen LogP) is 2.60. The SMILES string of the molecule is CC1(C)C(N)C(C)(C)C1NC(=O)c1ccc(F)c(F)c1F. The molecular weight excluding hydrogens is 281 g/mol. The Morgan fingerprint density at radius 3 is 2.14 bits per heavy atom. The third kappa shape index (κ3) is 2.21. The molecule has 1 saturated carbocycles. The van der Waals surface area contributed by atoms with Crippen LogP contribution in [0.5, 0.6) is 0 Å². The van der Waals surface area contributed by atoms with Crippen molar-refractivity contribution in [2.75, 3.05) is 0 Å². The highest BCUT2D eigenvalue weighted by atomic mass is 19.2. The lowest BCUT2D eigenvalue weighted by Crippen LogP contribution is -2.76. The zero-order valence-corrected chi connectivity index (χ0v) is 12.4. The van der Waals surface area contributed by atoms with Gasteiger partial charge in [0.1, 0.15) is 0 Å². The number of amides is 1. The number of nitrogens with one attached hydrogen (secondary N) is 1. The average Bonchev–Trinajstić information content (AvgIpc) is 2.40. The summed E-state index contributed by atoms with van der Waals surface area (Å²) in [6.45, 7) is 7.59. The molecule has 3 nitrogen and oxygen atoms in total. The first kappa shape index (κ1) is 15.8. The van der Waals surface area contributed by atoms with Gasteiger partial charge in [0.25, 0.3) is 5.91 Å². The summed E-state index contributed by atoms with van der Waals surface area (Å²) in [5.74, 6) is -5.22. The molecule has 2 rings (SSSR count). The first-order valence-electron chi connectivity index (χ1n) is 6.71. The number of hydrogen-bond acceptors (Lipinski definition) is 2. The van der Waals surface area contributed by atoms with E-state index in [4.69, 9.17) is 5.73 Å². The van der Waals surface area contributed by atoms with E-state index in [0.717, 1.165) is 12.1 Å². The highest BCUT2D eigenvalue weighted by Gasteiger charge is 2.60. The Kier molecular flexibility index (Phi) is 3.56. The first-order chi connectivity index (χ1) is 9.51. The van der Waals surface area contributed by atoms with E-state index < -0.39 is 28.9 Å². The lowest BCUT2D eigenvalue weighted by Gasteiger charge is -2.62. The van der Waals surface area contributed by atoms with Gasteiger partial charge in [-0.25, -0.2) is 13.2 Å². The minimum atomic E-state index is -1.65. The second kappa shape index (κ2) is 4.73. The van der Waals surface area contributed by atoms with Gasteiger partial charge < -0.3 is 11.1 Å². The summed E-state index contributed by atoms with van der Waals surface area (Å²) in [6.07, 6.45) is 0. The highest BCUT2D eigenvalue weighted by Crippen LogP contribution is 2.52. The van der Waals surface area contributed by atoms with Gasteiger partial charge in [-0.15, -0.1) is 0 Å². The maximum absolute atomic E-state index is 13.6. The van der Waals surface area contributed by atoms with Crippen LogP contribution in [0.1, 0.15) is 38.1 Å². The normalized spacial score (nSPS) is 26.1. The summed E-state index contributed by atoms with van der Waals surface area (Å²) >= 11 is 0. The minimum Gasteiger partial charge on any atom is -0.348 e. The van der Waals surface area contributed by atoms with Gasteiger partial charge >= 0.3 is 0 Å². The van der Waals surface area contributed by atoms with Gasteiger partial charge in [0.05, 0.1) is 5.56 Å². The number of carbonyl (C=O) groups is 1. The molecule has 1 aromatic rings. The number of halogens is 3. The molecule has 0 unspecified atom stereocenters. The largest absolute Gasteiger partial charge is 0.348 e. The Balaban J connectivity index is 2.26. The van der Waals surface area contributed by atoms with Crippen molar-refractivity contribution in [2.24, 2.45) is 16.6 Å². The Labute approximate surface area is 121 Å². The van der Waals surface area contributed by atoms with Crippen molar-refractivity contribution in [1.82, 2.24) is 5.32 Å². The maximum Gasteiger partial charge on any atom is 0.254 e. The molecular formula is C15H19F3N2O. The van der Waals surface area contributed by atoms with Gasteiger partial charge in [0.2, 0.25) is 0 Å². The summed E-state index contributed by atoms with van der Waals surface area (Å²) in [7, 11) is 0. The Bertz CT molecular complexity index is 583. The third-order valence-corrected chi connectivity index (χ3v) is 4.65. The fourth-order valence-corrected chi connectivity index (χ4v) is 3.46. The molecule has 1 aliphatic carbocycles. The summed E-state index contributed by atoms with van der Waals surface area (Å²) in [4.78, 5) is 12.1. The van der Waals surface area contributed by atoms with Crippen molar-refractivity contribution < 1.29 is 18.0 Å². The van der Waals surface area contributed by atoms with Crippen LogP contribution >= 0.6 is 0 Å². The first-order valence-corrected chi connectivity index (χ1v) is 6.71. The Morgan fingerprint density at radius 1 is 1.10 bits per heavy atom. The van der Waals surface area contributed by atoms with Crippen LogP contribution in [0.15, 0.2) is 12.1 Å². The van der Waals surface area contributed by atoms with Crippen molar-refractivity contribution >= 4 is 5.91 Å². The fraction of sp³-hybridized carbons (Fsp3) is 0.533. The molecule has 0 spiro atoms. The molecule has 0 saturated heterocycles. The lowest BCUT2D eigenvalue weighted by atomic mass is 9.48. The number of rotatable bonds is 2. The zero-order chi connectivity index (χ0) is 16.2. The highest BCUT2D eigenvalue weighted by molar-refractivity contribution is 5.94. The van der Waals surface area contributed by atoms with Crippen LogP contribution in [0.4, 0.5) is 13.2 Å². The van der Waals surface area contributed by atoms with E-state index in [1.54, 1.807) is 0 Å². The molecule has 0 aromatic heterocycles. The molecule has 1 amide bonds. The molecule has 0 radical (unpaired) electrons. The lowest BCUT2D eigenvalue weighted by molar-refractivity contribution is -0.0664. The van der Waals surface area contributed by atoms with Gasteiger partial charge in [-0.2, -0.15) is 0 Å². The van der Waals surface area contributed by atoms with Crippen LogP contribution in [-0.4, -0.2) is 18.0 Å². The van der Waals surface area contributed by atoms with Crippen LogP contribution in [0, 0.1) is 28.3 Å². The van der Waals surface area contributed by atoms with E-state index in [2.05, 4.69) is 5.32 Å². The van der Waals surface area contributed by atoms with Gasteiger partial charge in [0.15, 0.2) is 17.5 Å². The maximum atomic E-state index is 13.6. The number of benzene rings is 1. The van der Waals surface area contributed by atoms with E-state index in [1.165, 1.54) is 0 Å². The molecule has 0 atom stereocenters. The summed E-state index contributed by atoms with van der Waals surface area (Å²) < 4.78 is 39.7. The number of hydrogen-bond donors (Lipinski definition) is 2. The van der Waals surface area contributed by atoms with Crippen molar-refractivity contribution in [3.63, 3.8) is 0 Å². The molecule has 6 heteroatoms. The second-order valence-electron chi connectivity index (χ2n) is 6.75. The van der Waals surface area contributed by atoms with Crippen molar-refractivity contribution in [3.8, 4) is 0 Å². The van der Waals surface area contributed by atoms with Gasteiger partial charge in [-0.05, 0) is 12.1 Å². The zero-order valence-electron chi connectivity index (χ0n) is 12.4. The standard InChI is InChI=1S/C15H19F3N2O/c1-14(2)12(19)15(3,4)13(14)20-11(21)7-5-6-8(16)10(18)9(7)17/h5-6,12-13H,19H2,1-4H3,(H,20,21). The molecule has 0 bridgehead atoms. The fourth-order valence-electron chi connectivity index (χ4n) is 3.46. The molecule has 1 aliphatic rings. The van der Waals surface area contributed by atoms with Crippen LogP contribution in [0.25, 0.3) is 0 Å². The van der Waals surface area contributed by atoms with Crippen molar-refractivity contribution in [1.29, 1.82) is 0 Å². The minimum absolute atomic E-state index is 0.134. The quantitative estimate of drug-likeness (QED) is 0.825. The van der Waals surface area contributed by atoms with Crippen LogP contribution in [0.3, 0.4) is 0 Å². The van der Waals surface area contributed by atoms with E-state index in [0.29, 0.717) is 0 Å². The van der Waals surface area contributed by atoms with E-state index in [1.807, 2.05) is 27.7 Å². The second-order valence-corrected chi connectivity index (χ2v) is 6.75. The molecule has 1 aromatic carbocycles. The van der Waals surface area contributed by atoms with Crippen LogP contribution in [-0.2, 0) is 0 Å². The molecule has 3 N–H and O–H groups in total. The molecule has 0 aliphatic heterocycles. The smallest absolute Gasteiger partial charge is 0.254 e. The molecule has 116 valence electrons. The van der Waals surface area contributed by atoms with Crippen LogP contribution in [0.2, 0.25) is 0 Å². The number of nitrogens with two attached hydrogens (primary N) is 1. The average molecular weight is 300 g/mol. The summed E-state index contributed by atoms with van der Waals surface area (Å²) in [6, 6.07) is 1.24. The Morgan fingerprint density at radius 2 is 1.62 bits per heavy atom. The van der Waals surface area contributed by atoms with Gasteiger partial charge in [-0.1, -0.05) is 27.7 Å². The number of carbonyl (C=O) groups excluding carboxylic acids is 1. The molecule has 1 fully saturated rings. The third-order valence-electron chi connectivity index (χ3n) is 4.65. The molecule has 0 heterocycles. The Hall–Kier alpha value is -1.56. The molecule has 21 heavy (non-hydrogen) atoms. The summed E-state index contributed by atoms with van der Waals surface area (Å²) in [5, 5.41) is 2.68. The van der Waals surface area contributed by atoms with Crippen molar-refractivity contribution in [2.45, 2.75) is 39.8 Å². The monoisotopic (exact) mass is 300 g/mol. The predicted molar refractivity (Wildman–Crippen MR) is 73.1 cm³/mol. The van der Waals surface area contributed by atoms with E-state index in [-0.39, 0.29) is 22.9 Å². The van der Waals surface area contributed by atoms with E-state index >= 15 is 0 Å². The van der Waals surface area contributed by atoms with E-state index in [9.17, 15) is 18.0 Å². The topological polar surface area (TPSA) is 55.1 Å².